The van der Waals surface area contributed by atoms with Gasteiger partial charge in [-0.15, -0.1) is 0 Å². The summed E-state index contributed by atoms with van der Waals surface area (Å²) in [4.78, 5) is 25.9. The number of hydrogen-bond donors (Lipinski definition) is 1. The van der Waals surface area contributed by atoms with Crippen molar-refractivity contribution in [3.8, 4) is 11.3 Å². The molecule has 26 heavy (non-hydrogen) atoms. The first-order valence-corrected chi connectivity index (χ1v) is 9.24. The van der Waals surface area contributed by atoms with E-state index in [1.54, 1.807) is 12.4 Å². The number of amides is 1. The van der Waals surface area contributed by atoms with Crippen LogP contribution in [-0.2, 0) is 6.42 Å². The molecule has 1 aliphatic carbocycles. The molecule has 1 aliphatic rings. The quantitative estimate of drug-likeness (QED) is 0.777. The van der Waals surface area contributed by atoms with Crippen LogP contribution in [0.25, 0.3) is 22.2 Å². The number of fused-ring (bicyclic) bond motifs is 1. The molecule has 5 heteroatoms. The van der Waals surface area contributed by atoms with Crippen LogP contribution in [-0.4, -0.2) is 26.9 Å². The summed E-state index contributed by atoms with van der Waals surface area (Å²) >= 11 is 0. The van der Waals surface area contributed by atoms with Crippen LogP contribution in [0.2, 0.25) is 0 Å². The molecule has 0 atom stereocenters. The maximum atomic E-state index is 13.0. The molecule has 0 unspecified atom stereocenters. The van der Waals surface area contributed by atoms with Gasteiger partial charge in [-0.1, -0.05) is 25.8 Å². The first-order valence-electron chi connectivity index (χ1n) is 9.24. The minimum Gasteiger partial charge on any atom is -0.349 e. The largest absolute Gasteiger partial charge is 0.349 e. The van der Waals surface area contributed by atoms with Gasteiger partial charge in [0.1, 0.15) is 6.33 Å². The Morgan fingerprint density at radius 2 is 1.92 bits per heavy atom. The summed E-state index contributed by atoms with van der Waals surface area (Å²) < 4.78 is 0. The van der Waals surface area contributed by atoms with Crippen LogP contribution in [0.3, 0.4) is 0 Å². The van der Waals surface area contributed by atoms with Crippen LogP contribution in [0.5, 0.6) is 0 Å². The van der Waals surface area contributed by atoms with Gasteiger partial charge in [0.05, 0.1) is 16.8 Å². The highest BCUT2D eigenvalue weighted by Gasteiger charge is 2.20. The summed E-state index contributed by atoms with van der Waals surface area (Å²) in [5.41, 5.74) is 4.23. The molecule has 0 spiro atoms. The number of aryl methyl sites for hydroxylation is 1. The fourth-order valence-electron chi connectivity index (χ4n) is 3.59. The Morgan fingerprint density at radius 1 is 1.15 bits per heavy atom. The average molecular weight is 346 g/mol. The van der Waals surface area contributed by atoms with Crippen molar-refractivity contribution in [3.05, 3.63) is 54.1 Å². The molecule has 0 bridgehead atoms. The second-order valence-electron chi connectivity index (χ2n) is 6.84. The zero-order valence-corrected chi connectivity index (χ0v) is 14.9. The smallest absolute Gasteiger partial charge is 0.252 e. The average Bonchev–Trinajstić information content (AvgIpc) is 3.20. The number of hydrogen-bond acceptors (Lipinski definition) is 4. The van der Waals surface area contributed by atoms with Crippen LogP contribution in [0.1, 0.15) is 48.5 Å². The molecule has 2 heterocycles. The van der Waals surface area contributed by atoms with E-state index < -0.39 is 0 Å². The molecule has 1 amide bonds. The van der Waals surface area contributed by atoms with Gasteiger partial charge in [-0.2, -0.15) is 0 Å². The Labute approximate surface area is 152 Å². The molecule has 132 valence electrons. The van der Waals surface area contributed by atoms with Gasteiger partial charge in [-0.05, 0) is 43.0 Å². The molecular weight excluding hydrogens is 324 g/mol. The van der Waals surface area contributed by atoms with Crippen LogP contribution in [0, 0.1) is 0 Å². The summed E-state index contributed by atoms with van der Waals surface area (Å²) in [5.74, 6) is -0.0179. The normalized spacial score (nSPS) is 14.7. The second kappa shape index (κ2) is 7.20. The van der Waals surface area contributed by atoms with Gasteiger partial charge in [-0.3, -0.25) is 4.79 Å². The van der Waals surface area contributed by atoms with Crippen LogP contribution >= 0.6 is 0 Å². The molecule has 0 radical (unpaired) electrons. The highest BCUT2D eigenvalue weighted by atomic mass is 16.1. The van der Waals surface area contributed by atoms with Gasteiger partial charge in [0.15, 0.2) is 0 Å². The van der Waals surface area contributed by atoms with E-state index in [9.17, 15) is 4.79 Å². The van der Waals surface area contributed by atoms with Crippen molar-refractivity contribution < 1.29 is 4.79 Å². The predicted molar refractivity (Wildman–Crippen MR) is 102 cm³/mol. The SMILES string of the molecule is CCc1ccc2nc(-c3cncnc3)cc(C(=O)NC3CCCC3)c2c1. The minimum absolute atomic E-state index is 0.0179. The number of aromatic nitrogens is 3. The van der Waals surface area contributed by atoms with Crippen molar-refractivity contribution in [2.45, 2.75) is 45.1 Å². The Bertz CT molecular complexity index is 933. The van der Waals surface area contributed by atoms with Gasteiger partial charge in [-0.25, -0.2) is 15.0 Å². The minimum atomic E-state index is -0.0179. The number of nitrogens with one attached hydrogen (secondary N) is 1. The monoisotopic (exact) mass is 346 g/mol. The summed E-state index contributed by atoms with van der Waals surface area (Å²) in [5, 5.41) is 4.11. The van der Waals surface area contributed by atoms with Crippen molar-refractivity contribution in [2.24, 2.45) is 0 Å². The molecule has 5 nitrogen and oxygen atoms in total. The molecule has 1 aromatic carbocycles. The van der Waals surface area contributed by atoms with E-state index >= 15 is 0 Å². The number of pyridine rings is 1. The number of rotatable bonds is 4. The molecule has 3 aromatic rings. The number of carbonyl (C=O) groups excluding carboxylic acids is 1. The summed E-state index contributed by atoms with van der Waals surface area (Å²) in [7, 11) is 0. The lowest BCUT2D eigenvalue weighted by atomic mass is 10.0. The molecule has 1 saturated carbocycles. The lowest BCUT2D eigenvalue weighted by molar-refractivity contribution is 0.0939. The van der Waals surface area contributed by atoms with Crippen molar-refractivity contribution >= 4 is 16.8 Å². The standard InChI is InChI=1S/C21H22N4O/c1-2-14-7-8-19-17(9-14)18(21(26)24-16-5-3-4-6-16)10-20(25-19)15-11-22-13-23-12-15/h7-13,16H,2-6H2,1H3,(H,24,26). The van der Waals surface area contributed by atoms with Crippen LogP contribution in [0.15, 0.2) is 43.0 Å². The lowest BCUT2D eigenvalue weighted by Crippen LogP contribution is -2.32. The van der Waals surface area contributed by atoms with Gasteiger partial charge >= 0.3 is 0 Å². The van der Waals surface area contributed by atoms with Gasteiger partial charge in [0.25, 0.3) is 5.91 Å². The first kappa shape index (κ1) is 16.6. The van der Waals surface area contributed by atoms with Crippen molar-refractivity contribution in [1.29, 1.82) is 0 Å². The van der Waals surface area contributed by atoms with E-state index in [4.69, 9.17) is 4.98 Å². The molecule has 4 rings (SSSR count). The molecule has 1 fully saturated rings. The number of carbonyl (C=O) groups is 1. The lowest BCUT2D eigenvalue weighted by Gasteiger charge is -2.15. The third-order valence-electron chi connectivity index (χ3n) is 5.07. The molecule has 0 saturated heterocycles. The number of benzene rings is 1. The number of nitrogens with zero attached hydrogens (tertiary/aromatic N) is 3. The van der Waals surface area contributed by atoms with E-state index in [2.05, 4.69) is 34.3 Å². The maximum absolute atomic E-state index is 13.0. The van der Waals surface area contributed by atoms with E-state index in [1.807, 2.05) is 12.1 Å². The zero-order valence-electron chi connectivity index (χ0n) is 14.9. The Kier molecular flexibility index (Phi) is 4.61. The predicted octanol–water partition coefficient (Wildman–Crippen LogP) is 3.93. The third-order valence-corrected chi connectivity index (χ3v) is 5.07. The summed E-state index contributed by atoms with van der Waals surface area (Å²) in [6.07, 6.45) is 10.4. The fourth-order valence-corrected chi connectivity index (χ4v) is 3.59. The highest BCUT2D eigenvalue weighted by Crippen LogP contribution is 2.26. The van der Waals surface area contributed by atoms with Gasteiger partial charge in [0.2, 0.25) is 0 Å². The van der Waals surface area contributed by atoms with E-state index in [0.29, 0.717) is 5.56 Å². The van der Waals surface area contributed by atoms with E-state index in [1.165, 1.54) is 24.7 Å². The Hall–Kier alpha value is -2.82. The Morgan fingerprint density at radius 3 is 2.65 bits per heavy atom. The van der Waals surface area contributed by atoms with Gasteiger partial charge in [0, 0.05) is 29.4 Å². The fraction of sp³-hybridized carbons (Fsp3) is 0.333. The van der Waals surface area contributed by atoms with E-state index in [0.717, 1.165) is 41.4 Å². The van der Waals surface area contributed by atoms with Crippen LogP contribution in [0.4, 0.5) is 0 Å². The summed E-state index contributed by atoms with van der Waals surface area (Å²) in [6, 6.07) is 8.29. The molecule has 2 aromatic heterocycles. The molecular formula is C21H22N4O. The highest BCUT2D eigenvalue weighted by molar-refractivity contribution is 6.07. The van der Waals surface area contributed by atoms with Crippen molar-refractivity contribution in [2.75, 3.05) is 0 Å². The first-order chi connectivity index (χ1) is 12.7. The van der Waals surface area contributed by atoms with Crippen LogP contribution < -0.4 is 5.32 Å². The summed E-state index contributed by atoms with van der Waals surface area (Å²) in [6.45, 7) is 2.11. The Balaban J connectivity index is 1.82. The zero-order chi connectivity index (χ0) is 17.9. The van der Waals surface area contributed by atoms with Crippen molar-refractivity contribution in [1.82, 2.24) is 20.3 Å². The topological polar surface area (TPSA) is 67.8 Å². The maximum Gasteiger partial charge on any atom is 0.252 e. The second-order valence-corrected chi connectivity index (χ2v) is 6.84. The molecule has 0 aliphatic heterocycles. The van der Waals surface area contributed by atoms with Crippen molar-refractivity contribution in [3.63, 3.8) is 0 Å². The van der Waals surface area contributed by atoms with Gasteiger partial charge < -0.3 is 5.32 Å². The third kappa shape index (κ3) is 3.29. The van der Waals surface area contributed by atoms with E-state index in [-0.39, 0.29) is 11.9 Å². The molecule has 1 N–H and O–H groups in total.